The molecule has 3 unspecified atom stereocenters. The molecule has 2 heteroatoms. The quantitative estimate of drug-likeness (QED) is 0.846. The predicted molar refractivity (Wildman–Crippen MR) is 90.5 cm³/mol. The first kappa shape index (κ1) is 14.4. The van der Waals surface area contributed by atoms with Crippen molar-refractivity contribution < 1.29 is 0 Å². The summed E-state index contributed by atoms with van der Waals surface area (Å²) in [4.78, 5) is 4.30. The number of benzene rings is 1. The number of fused-ring (bicyclic) bond motifs is 1. The fraction of sp³-hybridized carbons (Fsp3) is 0.526. The van der Waals surface area contributed by atoms with E-state index in [9.17, 15) is 0 Å². The van der Waals surface area contributed by atoms with Crippen molar-refractivity contribution in [2.75, 3.05) is 5.32 Å². The van der Waals surface area contributed by atoms with E-state index in [-0.39, 0.29) is 0 Å². The van der Waals surface area contributed by atoms with E-state index in [0.29, 0.717) is 6.04 Å². The van der Waals surface area contributed by atoms with Gasteiger partial charge in [0.05, 0.1) is 0 Å². The number of hydrogen-bond donors (Lipinski definition) is 1. The minimum atomic E-state index is 0.583. The van der Waals surface area contributed by atoms with Gasteiger partial charge in [-0.2, -0.15) is 0 Å². The van der Waals surface area contributed by atoms with Crippen LogP contribution in [0.15, 0.2) is 36.7 Å². The number of aromatic nitrogens is 1. The molecule has 1 aliphatic rings. The summed E-state index contributed by atoms with van der Waals surface area (Å²) in [6.45, 7) is 7.11. The highest BCUT2D eigenvalue weighted by molar-refractivity contribution is 5.93. The molecular weight excluding hydrogens is 256 g/mol. The molecule has 0 aliphatic heterocycles. The second-order valence-electron chi connectivity index (χ2n) is 6.98. The molecule has 0 saturated heterocycles. The molecule has 21 heavy (non-hydrogen) atoms. The minimum absolute atomic E-state index is 0.583. The predicted octanol–water partition coefficient (Wildman–Crippen LogP) is 5.11. The van der Waals surface area contributed by atoms with Crippen LogP contribution in [0.2, 0.25) is 0 Å². The summed E-state index contributed by atoms with van der Waals surface area (Å²) in [7, 11) is 0. The molecule has 112 valence electrons. The molecule has 1 saturated carbocycles. The fourth-order valence-corrected chi connectivity index (χ4v) is 3.81. The van der Waals surface area contributed by atoms with Crippen molar-refractivity contribution in [3.8, 4) is 0 Å². The smallest absolute Gasteiger partial charge is 0.0437 e. The van der Waals surface area contributed by atoms with Gasteiger partial charge in [0.15, 0.2) is 0 Å². The minimum Gasteiger partial charge on any atom is -0.381 e. The molecule has 0 bridgehead atoms. The zero-order valence-corrected chi connectivity index (χ0v) is 13.3. The van der Waals surface area contributed by atoms with Crippen molar-refractivity contribution >= 4 is 16.5 Å². The van der Waals surface area contributed by atoms with Crippen molar-refractivity contribution in [3.05, 3.63) is 36.7 Å². The lowest BCUT2D eigenvalue weighted by Crippen LogP contribution is -2.37. The van der Waals surface area contributed by atoms with Gasteiger partial charge < -0.3 is 5.32 Å². The molecule has 1 aromatic carbocycles. The Morgan fingerprint density at radius 2 is 2.05 bits per heavy atom. The molecular formula is C19H26N2. The number of anilines is 1. The molecule has 0 amide bonds. The zero-order valence-electron chi connectivity index (χ0n) is 13.3. The summed E-state index contributed by atoms with van der Waals surface area (Å²) in [6, 6.07) is 9.16. The lowest BCUT2D eigenvalue weighted by Gasteiger charge is -2.38. The van der Waals surface area contributed by atoms with Crippen molar-refractivity contribution in [2.24, 2.45) is 17.8 Å². The van der Waals surface area contributed by atoms with Crippen LogP contribution in [-0.4, -0.2) is 11.0 Å². The summed E-state index contributed by atoms with van der Waals surface area (Å²) in [6.07, 6.45) is 7.84. The number of nitrogens with one attached hydrogen (secondary N) is 1. The largest absolute Gasteiger partial charge is 0.381 e. The van der Waals surface area contributed by atoms with E-state index in [2.05, 4.69) is 55.3 Å². The Hall–Kier alpha value is -1.57. The Morgan fingerprint density at radius 1 is 1.19 bits per heavy atom. The van der Waals surface area contributed by atoms with Crippen molar-refractivity contribution in [1.29, 1.82) is 0 Å². The van der Waals surface area contributed by atoms with Gasteiger partial charge in [-0.3, -0.25) is 4.98 Å². The summed E-state index contributed by atoms with van der Waals surface area (Å²) >= 11 is 0. The van der Waals surface area contributed by atoms with Gasteiger partial charge in [-0.15, -0.1) is 0 Å². The lowest BCUT2D eigenvalue weighted by atomic mass is 9.74. The Balaban J connectivity index is 1.89. The molecule has 3 rings (SSSR count). The first-order valence-corrected chi connectivity index (χ1v) is 8.24. The Labute approximate surface area is 128 Å². The average molecular weight is 282 g/mol. The molecule has 1 aromatic heterocycles. The number of pyridine rings is 1. The number of hydrogen-bond acceptors (Lipinski definition) is 2. The van der Waals surface area contributed by atoms with Gasteiger partial charge >= 0.3 is 0 Å². The van der Waals surface area contributed by atoms with E-state index >= 15 is 0 Å². The highest BCUT2D eigenvalue weighted by Gasteiger charge is 2.30. The molecule has 1 heterocycles. The van der Waals surface area contributed by atoms with E-state index in [1.54, 1.807) is 0 Å². The molecule has 1 aliphatic carbocycles. The zero-order chi connectivity index (χ0) is 14.8. The van der Waals surface area contributed by atoms with Gasteiger partial charge in [0.25, 0.3) is 0 Å². The van der Waals surface area contributed by atoms with Crippen LogP contribution in [-0.2, 0) is 0 Å². The number of nitrogens with zero attached hydrogens (tertiary/aromatic N) is 1. The van der Waals surface area contributed by atoms with Gasteiger partial charge in [-0.1, -0.05) is 39.3 Å². The molecule has 1 N–H and O–H groups in total. The van der Waals surface area contributed by atoms with Crippen LogP contribution in [0.25, 0.3) is 10.8 Å². The average Bonchev–Trinajstić information content (AvgIpc) is 2.47. The van der Waals surface area contributed by atoms with E-state index in [1.807, 2.05) is 12.4 Å². The second-order valence-corrected chi connectivity index (χ2v) is 6.98. The Kier molecular flexibility index (Phi) is 4.14. The van der Waals surface area contributed by atoms with Crippen LogP contribution in [0.1, 0.15) is 40.0 Å². The summed E-state index contributed by atoms with van der Waals surface area (Å²) in [5.74, 6) is 2.34. The molecule has 2 nitrogen and oxygen atoms in total. The summed E-state index contributed by atoms with van der Waals surface area (Å²) < 4.78 is 0. The van der Waals surface area contributed by atoms with Gasteiger partial charge in [0.1, 0.15) is 0 Å². The number of rotatable bonds is 3. The van der Waals surface area contributed by atoms with Gasteiger partial charge in [0.2, 0.25) is 0 Å². The fourth-order valence-electron chi connectivity index (χ4n) is 3.81. The van der Waals surface area contributed by atoms with Crippen molar-refractivity contribution in [3.63, 3.8) is 0 Å². The lowest BCUT2D eigenvalue weighted by molar-refractivity contribution is 0.212. The molecule has 2 aromatic rings. The normalized spacial score (nSPS) is 26.2. The Bertz CT molecular complexity index is 600. The van der Waals surface area contributed by atoms with E-state index in [4.69, 9.17) is 0 Å². The topological polar surface area (TPSA) is 24.9 Å². The third-order valence-electron chi connectivity index (χ3n) is 5.05. The monoisotopic (exact) mass is 282 g/mol. The van der Waals surface area contributed by atoms with Crippen LogP contribution < -0.4 is 5.32 Å². The van der Waals surface area contributed by atoms with Gasteiger partial charge in [-0.05, 0) is 48.1 Å². The van der Waals surface area contributed by atoms with Gasteiger partial charge in [0, 0.05) is 29.5 Å². The van der Waals surface area contributed by atoms with Crippen molar-refractivity contribution in [2.45, 2.75) is 46.1 Å². The van der Waals surface area contributed by atoms with E-state index in [0.717, 1.165) is 17.8 Å². The molecule has 3 atom stereocenters. The van der Waals surface area contributed by atoms with Crippen LogP contribution in [0.4, 0.5) is 5.69 Å². The van der Waals surface area contributed by atoms with Crippen LogP contribution in [0.3, 0.4) is 0 Å². The molecule has 1 fully saturated rings. The summed E-state index contributed by atoms with van der Waals surface area (Å²) in [5, 5.41) is 6.35. The second kappa shape index (κ2) is 6.05. The van der Waals surface area contributed by atoms with E-state index in [1.165, 1.54) is 35.7 Å². The molecule has 0 radical (unpaired) electrons. The SMILES string of the molecule is CC1CCC(C(C)C)C(Nc2cccc3ccncc23)C1. The maximum absolute atomic E-state index is 4.30. The van der Waals surface area contributed by atoms with Crippen LogP contribution >= 0.6 is 0 Å². The molecule has 0 spiro atoms. The van der Waals surface area contributed by atoms with Crippen LogP contribution in [0.5, 0.6) is 0 Å². The standard InChI is InChI=1S/C19H26N2/c1-13(2)16-8-7-14(3)11-19(16)21-18-6-4-5-15-9-10-20-12-17(15)18/h4-6,9-10,12-14,16,19,21H,7-8,11H2,1-3H3. The summed E-state index contributed by atoms with van der Waals surface area (Å²) in [5.41, 5.74) is 1.24. The van der Waals surface area contributed by atoms with Crippen molar-refractivity contribution in [1.82, 2.24) is 4.98 Å². The highest BCUT2D eigenvalue weighted by atomic mass is 14.9. The van der Waals surface area contributed by atoms with Crippen LogP contribution in [0, 0.1) is 17.8 Å². The van der Waals surface area contributed by atoms with Gasteiger partial charge in [-0.25, -0.2) is 0 Å². The third kappa shape index (κ3) is 3.04. The third-order valence-corrected chi connectivity index (χ3v) is 5.05. The van der Waals surface area contributed by atoms with E-state index < -0.39 is 0 Å². The Morgan fingerprint density at radius 3 is 2.86 bits per heavy atom. The highest BCUT2D eigenvalue weighted by Crippen LogP contribution is 2.36. The first-order valence-electron chi connectivity index (χ1n) is 8.24. The first-order chi connectivity index (χ1) is 10.1. The maximum Gasteiger partial charge on any atom is 0.0437 e. The maximum atomic E-state index is 4.30.